The molecule has 40 heavy (non-hydrogen) atoms. The Morgan fingerprint density at radius 2 is 2.02 bits per heavy atom. The average Bonchev–Trinajstić information content (AvgIpc) is 3.33. The molecule has 0 saturated carbocycles. The van der Waals surface area contributed by atoms with E-state index in [2.05, 4.69) is 37.8 Å². The zero-order valence-corrected chi connectivity index (χ0v) is 25.4. The van der Waals surface area contributed by atoms with Crippen LogP contribution in [0.3, 0.4) is 0 Å². The van der Waals surface area contributed by atoms with E-state index in [0.717, 1.165) is 22.9 Å². The maximum atomic E-state index is 13.6. The standard InChI is InChI=1S/C26H31BrN5O6PS/c1-17-6-8-19(9-7-17)25(34)40-13-12-37-39(35,38-14-20-4-3-5-21(27)18(20)2)16-36-11-10-32-15-29-22-23(32)30-26(28)31-24(22)33/h3-9,15,18,21H,10-14,16H2,1-2H3,(H3,28,30,31,33). The van der Waals surface area contributed by atoms with Crippen LogP contribution in [0.15, 0.2) is 59.2 Å². The number of carbonyl (C=O) groups is 1. The molecular weight excluding hydrogens is 621 g/mol. The van der Waals surface area contributed by atoms with Gasteiger partial charge in [0, 0.05) is 22.7 Å². The molecule has 0 aliphatic heterocycles. The van der Waals surface area contributed by atoms with Gasteiger partial charge in [-0.2, -0.15) is 4.98 Å². The van der Waals surface area contributed by atoms with Crippen molar-refractivity contribution in [2.45, 2.75) is 25.2 Å². The van der Waals surface area contributed by atoms with Gasteiger partial charge in [0.05, 0.1) is 26.1 Å². The minimum absolute atomic E-state index is 0.0167. The SMILES string of the molecule is Cc1ccc(C(=O)SCCOP(=O)(COCCn2cnc3c(=O)[nH]c(N)nc32)OCC2=CC=CC(Br)C2C)cc1. The molecule has 14 heteroatoms. The highest BCUT2D eigenvalue weighted by Crippen LogP contribution is 2.49. The lowest BCUT2D eigenvalue weighted by Crippen LogP contribution is -2.18. The number of hydrogen-bond acceptors (Lipinski definition) is 10. The van der Waals surface area contributed by atoms with Crippen LogP contribution >= 0.6 is 35.3 Å². The number of ether oxygens (including phenoxy) is 1. The first-order chi connectivity index (χ1) is 19.1. The molecule has 1 aliphatic rings. The molecule has 1 aliphatic carbocycles. The van der Waals surface area contributed by atoms with Gasteiger partial charge in [-0.25, -0.2) is 4.98 Å². The van der Waals surface area contributed by atoms with Crippen molar-refractivity contribution in [3.05, 3.63) is 75.9 Å². The number of alkyl halides is 1. The molecule has 3 atom stereocenters. The number of imidazole rings is 1. The van der Waals surface area contributed by atoms with Gasteiger partial charge in [0.25, 0.3) is 5.56 Å². The Labute approximate surface area is 244 Å². The number of allylic oxidation sites excluding steroid dienone is 3. The number of hydrogen-bond donors (Lipinski definition) is 2. The molecule has 3 unspecified atom stereocenters. The molecule has 0 amide bonds. The highest BCUT2D eigenvalue weighted by atomic mass is 79.9. The topological polar surface area (TPSA) is 151 Å². The Kier molecular flexibility index (Phi) is 10.6. The Morgan fingerprint density at radius 1 is 1.25 bits per heavy atom. The summed E-state index contributed by atoms with van der Waals surface area (Å²) in [5.41, 5.74) is 8.35. The van der Waals surface area contributed by atoms with E-state index >= 15 is 0 Å². The summed E-state index contributed by atoms with van der Waals surface area (Å²) in [5.74, 6) is 0.435. The number of rotatable bonds is 13. The number of nitrogens with two attached hydrogens (primary N) is 1. The molecule has 4 rings (SSSR count). The van der Waals surface area contributed by atoms with Crippen LogP contribution in [0.25, 0.3) is 11.2 Å². The summed E-state index contributed by atoms with van der Waals surface area (Å²) in [5, 5.41) is -0.0902. The van der Waals surface area contributed by atoms with E-state index in [4.69, 9.17) is 19.5 Å². The lowest BCUT2D eigenvalue weighted by molar-refractivity contribution is 0.108. The number of thioether (sulfide) groups is 1. The normalized spacial score (nSPS) is 18.5. The van der Waals surface area contributed by atoms with E-state index in [-0.39, 0.29) is 60.0 Å². The fraction of sp³-hybridized carbons (Fsp3) is 0.385. The van der Waals surface area contributed by atoms with Gasteiger partial charge in [0.2, 0.25) is 11.1 Å². The number of aromatic nitrogens is 4. The maximum absolute atomic E-state index is 13.6. The third-order valence-corrected chi connectivity index (χ3v) is 9.77. The minimum Gasteiger partial charge on any atom is -0.369 e. The maximum Gasteiger partial charge on any atom is 0.356 e. The van der Waals surface area contributed by atoms with E-state index in [0.29, 0.717) is 17.0 Å². The first kappa shape index (κ1) is 30.4. The number of H-pyrrole nitrogens is 1. The molecule has 0 spiro atoms. The molecule has 0 saturated heterocycles. The van der Waals surface area contributed by atoms with Gasteiger partial charge < -0.3 is 24.1 Å². The van der Waals surface area contributed by atoms with Crippen LogP contribution in [0.1, 0.15) is 22.8 Å². The minimum atomic E-state index is -3.68. The number of anilines is 1. The van der Waals surface area contributed by atoms with Crippen molar-refractivity contribution in [2.75, 3.05) is 37.7 Å². The third-order valence-electron chi connectivity index (χ3n) is 6.21. The second kappa shape index (κ2) is 13.9. The van der Waals surface area contributed by atoms with Crippen molar-refractivity contribution in [3.8, 4) is 0 Å². The monoisotopic (exact) mass is 651 g/mol. The quantitative estimate of drug-likeness (QED) is 0.151. The number of halogens is 1. The lowest BCUT2D eigenvalue weighted by atomic mass is 9.94. The van der Waals surface area contributed by atoms with E-state index < -0.39 is 13.2 Å². The first-order valence-corrected chi connectivity index (χ1v) is 16.2. The van der Waals surface area contributed by atoms with Gasteiger partial charge in [-0.15, -0.1) is 0 Å². The van der Waals surface area contributed by atoms with Crippen LogP contribution in [0, 0.1) is 12.8 Å². The number of nitrogens with zero attached hydrogens (tertiary/aromatic N) is 3. The number of fused-ring (bicyclic) bond motifs is 1. The van der Waals surface area contributed by atoms with E-state index in [1.165, 1.54) is 6.33 Å². The molecule has 3 N–H and O–H groups in total. The van der Waals surface area contributed by atoms with Gasteiger partial charge in [0.15, 0.2) is 11.2 Å². The molecular formula is C26H31BrN5O6PS. The molecule has 2 aromatic heterocycles. The molecule has 0 radical (unpaired) electrons. The van der Waals surface area contributed by atoms with Crippen molar-refractivity contribution in [1.29, 1.82) is 0 Å². The summed E-state index contributed by atoms with van der Waals surface area (Å²) in [6, 6.07) is 7.32. The van der Waals surface area contributed by atoms with Crippen molar-refractivity contribution >= 4 is 57.5 Å². The van der Waals surface area contributed by atoms with Crippen molar-refractivity contribution < 1.29 is 23.1 Å². The zero-order chi connectivity index (χ0) is 28.7. The number of aryl methyl sites for hydroxylation is 1. The van der Waals surface area contributed by atoms with Crippen molar-refractivity contribution in [2.24, 2.45) is 5.92 Å². The molecule has 2 heterocycles. The van der Waals surface area contributed by atoms with Crippen LogP contribution in [0.2, 0.25) is 0 Å². The van der Waals surface area contributed by atoms with Crippen LogP contribution < -0.4 is 11.3 Å². The summed E-state index contributed by atoms with van der Waals surface area (Å²) in [7, 11) is -3.68. The molecule has 1 aromatic carbocycles. The van der Waals surface area contributed by atoms with Crippen LogP contribution in [-0.2, 0) is 24.9 Å². The number of benzene rings is 1. The summed E-state index contributed by atoms with van der Waals surface area (Å²) in [6.07, 6.45) is 7.07. The summed E-state index contributed by atoms with van der Waals surface area (Å²) in [6.45, 7) is 4.57. The van der Waals surface area contributed by atoms with Crippen LogP contribution in [-0.4, -0.2) is 61.4 Å². The smallest absolute Gasteiger partial charge is 0.356 e. The molecule has 214 valence electrons. The van der Waals surface area contributed by atoms with Crippen LogP contribution in [0.4, 0.5) is 5.95 Å². The number of carbonyl (C=O) groups excluding carboxylic acids is 1. The zero-order valence-electron chi connectivity index (χ0n) is 22.1. The van der Waals surface area contributed by atoms with E-state index in [1.807, 2.05) is 37.3 Å². The second-order valence-corrected chi connectivity index (χ2v) is 13.3. The molecule has 3 aromatic rings. The second-order valence-electron chi connectivity index (χ2n) is 9.18. The number of nitrogen functional groups attached to an aromatic ring is 1. The fourth-order valence-corrected chi connectivity index (χ4v) is 6.42. The van der Waals surface area contributed by atoms with E-state index in [9.17, 15) is 14.2 Å². The first-order valence-electron chi connectivity index (χ1n) is 12.6. The average molecular weight is 653 g/mol. The highest BCUT2D eigenvalue weighted by Gasteiger charge is 2.28. The third kappa shape index (κ3) is 8.02. The molecule has 0 bridgehead atoms. The Hall–Kier alpha value is -2.54. The van der Waals surface area contributed by atoms with Gasteiger partial charge in [-0.1, -0.05) is 82.7 Å². The van der Waals surface area contributed by atoms with Gasteiger partial charge in [0.1, 0.15) is 6.35 Å². The highest BCUT2D eigenvalue weighted by molar-refractivity contribution is 9.09. The lowest BCUT2D eigenvalue weighted by Gasteiger charge is -2.24. The predicted molar refractivity (Wildman–Crippen MR) is 160 cm³/mol. The molecule has 11 nitrogen and oxygen atoms in total. The van der Waals surface area contributed by atoms with Gasteiger partial charge in [-0.3, -0.25) is 19.1 Å². The summed E-state index contributed by atoms with van der Waals surface area (Å²) in [4.78, 5) is 35.2. The molecule has 0 fully saturated rings. The predicted octanol–water partition coefficient (Wildman–Crippen LogP) is 4.68. The van der Waals surface area contributed by atoms with Crippen LogP contribution in [0.5, 0.6) is 0 Å². The fourth-order valence-electron chi connectivity index (χ4n) is 3.83. The number of aromatic amines is 1. The van der Waals surface area contributed by atoms with Gasteiger partial charge >= 0.3 is 7.60 Å². The Bertz CT molecular complexity index is 1510. The van der Waals surface area contributed by atoms with Gasteiger partial charge in [-0.05, 0) is 18.4 Å². The Morgan fingerprint density at radius 3 is 2.80 bits per heavy atom. The Balaban J connectivity index is 1.34. The summed E-state index contributed by atoms with van der Waals surface area (Å²) < 4.78 is 32.5. The van der Waals surface area contributed by atoms with E-state index in [1.54, 1.807) is 16.7 Å². The number of nitrogens with one attached hydrogen (secondary N) is 1. The van der Waals surface area contributed by atoms with Crippen molar-refractivity contribution in [1.82, 2.24) is 19.5 Å². The van der Waals surface area contributed by atoms with Crippen molar-refractivity contribution in [3.63, 3.8) is 0 Å². The summed E-state index contributed by atoms with van der Waals surface area (Å²) >= 11 is 4.70. The largest absolute Gasteiger partial charge is 0.369 e.